The van der Waals surface area contributed by atoms with Crippen molar-refractivity contribution in [3.8, 4) is 5.95 Å². The number of nitrogens with two attached hydrogens (primary N) is 1. The molecule has 17 heavy (non-hydrogen) atoms. The number of methoxy groups -OCH3 is 1. The number of ether oxygens (including phenoxy) is 1. The van der Waals surface area contributed by atoms with Crippen LogP contribution in [0.2, 0.25) is 0 Å². The van der Waals surface area contributed by atoms with Gasteiger partial charge in [-0.15, -0.1) is 0 Å². The van der Waals surface area contributed by atoms with Gasteiger partial charge in [0.15, 0.2) is 0 Å². The van der Waals surface area contributed by atoms with Crippen LogP contribution in [0.3, 0.4) is 0 Å². The van der Waals surface area contributed by atoms with Gasteiger partial charge in [0, 0.05) is 4.90 Å². The van der Waals surface area contributed by atoms with Crippen molar-refractivity contribution in [2.24, 2.45) is 5.73 Å². The van der Waals surface area contributed by atoms with Crippen molar-refractivity contribution in [2.45, 2.75) is 10.1 Å². The van der Waals surface area contributed by atoms with Crippen LogP contribution >= 0.6 is 11.8 Å². The van der Waals surface area contributed by atoms with E-state index in [1.807, 2.05) is 6.07 Å². The van der Waals surface area contributed by atoms with E-state index in [2.05, 4.69) is 4.98 Å². The van der Waals surface area contributed by atoms with Crippen LogP contribution in [0.4, 0.5) is 0 Å². The maximum atomic E-state index is 11.2. The van der Waals surface area contributed by atoms with Crippen LogP contribution in [0.25, 0.3) is 0 Å². The Morgan fingerprint density at radius 3 is 2.88 bits per heavy atom. The van der Waals surface area contributed by atoms with Crippen molar-refractivity contribution < 1.29 is 13.9 Å². The molecule has 0 bridgehead atoms. The van der Waals surface area contributed by atoms with Gasteiger partial charge in [-0.3, -0.25) is 4.79 Å². The fourth-order valence-electron chi connectivity index (χ4n) is 1.24. The van der Waals surface area contributed by atoms with E-state index in [1.165, 1.54) is 25.1 Å². The quantitative estimate of drug-likeness (QED) is 0.897. The highest BCUT2D eigenvalue weighted by molar-refractivity contribution is 7.99. The van der Waals surface area contributed by atoms with Gasteiger partial charge < -0.3 is 14.9 Å². The molecule has 1 heterocycles. The second kappa shape index (κ2) is 4.92. The molecule has 1 amide bonds. The molecule has 2 N–H and O–H groups in total. The van der Waals surface area contributed by atoms with Crippen molar-refractivity contribution in [2.75, 3.05) is 7.11 Å². The molecule has 0 aliphatic rings. The van der Waals surface area contributed by atoms with Crippen LogP contribution in [-0.2, 0) is 0 Å². The number of hydrogen-bond donors (Lipinski definition) is 1. The molecule has 0 radical (unpaired) electrons. The molecule has 0 fully saturated rings. The topological polar surface area (TPSA) is 78.4 Å². The van der Waals surface area contributed by atoms with Gasteiger partial charge in [0.1, 0.15) is 6.20 Å². The summed E-state index contributed by atoms with van der Waals surface area (Å²) in [6.07, 6.45) is 1.47. The van der Waals surface area contributed by atoms with Crippen LogP contribution in [0.5, 0.6) is 5.95 Å². The summed E-state index contributed by atoms with van der Waals surface area (Å²) in [7, 11) is 1.49. The summed E-state index contributed by atoms with van der Waals surface area (Å²) in [5.74, 6) is -0.157. The van der Waals surface area contributed by atoms with Crippen LogP contribution in [-0.4, -0.2) is 18.0 Å². The van der Waals surface area contributed by atoms with E-state index < -0.39 is 5.91 Å². The van der Waals surface area contributed by atoms with Gasteiger partial charge in [0.2, 0.25) is 5.91 Å². The minimum atomic E-state index is -0.480. The van der Waals surface area contributed by atoms with E-state index in [1.54, 1.807) is 18.2 Å². The molecule has 0 saturated heterocycles. The van der Waals surface area contributed by atoms with Crippen molar-refractivity contribution in [3.05, 3.63) is 36.0 Å². The summed E-state index contributed by atoms with van der Waals surface area (Å²) >= 11 is 1.22. The molecule has 0 unspecified atom stereocenters. The SMILES string of the molecule is COc1cnc(Sc2ccccc2C(N)=O)o1. The summed E-state index contributed by atoms with van der Waals surface area (Å²) in [6.45, 7) is 0. The summed E-state index contributed by atoms with van der Waals surface area (Å²) in [6, 6.07) is 7.00. The zero-order valence-corrected chi connectivity index (χ0v) is 9.86. The first-order chi connectivity index (χ1) is 8.20. The Bertz CT molecular complexity index is 539. The van der Waals surface area contributed by atoms with Crippen LogP contribution in [0, 0.1) is 0 Å². The number of aromatic nitrogens is 1. The Hall–Kier alpha value is -1.95. The Balaban J connectivity index is 2.26. The lowest BCUT2D eigenvalue weighted by Gasteiger charge is -2.02. The Kier molecular flexibility index (Phi) is 3.34. The van der Waals surface area contributed by atoms with Crippen LogP contribution in [0.15, 0.2) is 45.0 Å². The van der Waals surface area contributed by atoms with Crippen LogP contribution < -0.4 is 10.5 Å². The van der Waals surface area contributed by atoms with Gasteiger partial charge in [-0.05, 0) is 23.9 Å². The van der Waals surface area contributed by atoms with E-state index in [0.29, 0.717) is 21.6 Å². The van der Waals surface area contributed by atoms with E-state index >= 15 is 0 Å². The molecule has 0 aliphatic heterocycles. The van der Waals surface area contributed by atoms with Gasteiger partial charge in [-0.2, -0.15) is 0 Å². The Labute approximate surface area is 102 Å². The zero-order valence-electron chi connectivity index (χ0n) is 9.04. The molecule has 1 aromatic heterocycles. The maximum Gasteiger partial charge on any atom is 0.305 e. The maximum absolute atomic E-state index is 11.2. The molecule has 0 spiro atoms. The lowest BCUT2D eigenvalue weighted by atomic mass is 10.2. The first-order valence-electron chi connectivity index (χ1n) is 4.77. The van der Waals surface area contributed by atoms with Crippen molar-refractivity contribution in [1.82, 2.24) is 4.98 Å². The van der Waals surface area contributed by atoms with E-state index in [4.69, 9.17) is 14.9 Å². The minimum Gasteiger partial charge on any atom is -0.467 e. The highest BCUT2D eigenvalue weighted by Gasteiger charge is 2.12. The molecular formula is C11H10N2O3S. The predicted molar refractivity (Wildman–Crippen MR) is 62.1 cm³/mol. The zero-order chi connectivity index (χ0) is 12.3. The second-order valence-electron chi connectivity index (χ2n) is 3.11. The summed E-state index contributed by atoms with van der Waals surface area (Å²) in [5, 5.41) is 0.399. The normalized spacial score (nSPS) is 10.2. The number of carbonyl (C=O) groups is 1. The average molecular weight is 250 g/mol. The molecule has 2 rings (SSSR count). The third-order valence-electron chi connectivity index (χ3n) is 2.01. The summed E-state index contributed by atoms with van der Waals surface area (Å²) in [4.78, 5) is 15.9. The number of nitrogens with zero attached hydrogens (tertiary/aromatic N) is 1. The van der Waals surface area contributed by atoms with E-state index in [9.17, 15) is 4.79 Å². The Morgan fingerprint density at radius 1 is 1.47 bits per heavy atom. The molecule has 2 aromatic rings. The van der Waals surface area contributed by atoms with Crippen molar-refractivity contribution in [1.29, 1.82) is 0 Å². The summed E-state index contributed by atoms with van der Waals surface area (Å²) in [5.41, 5.74) is 5.71. The average Bonchev–Trinajstić information content (AvgIpc) is 2.77. The number of primary amides is 1. The van der Waals surface area contributed by atoms with Crippen molar-refractivity contribution >= 4 is 17.7 Å². The van der Waals surface area contributed by atoms with Crippen molar-refractivity contribution in [3.63, 3.8) is 0 Å². The number of rotatable bonds is 4. The molecule has 1 aromatic carbocycles. The largest absolute Gasteiger partial charge is 0.467 e. The van der Waals surface area contributed by atoms with Gasteiger partial charge in [-0.25, -0.2) is 4.98 Å². The van der Waals surface area contributed by atoms with Gasteiger partial charge in [-0.1, -0.05) is 12.1 Å². The molecule has 0 saturated carbocycles. The number of hydrogen-bond acceptors (Lipinski definition) is 5. The number of benzene rings is 1. The highest BCUT2D eigenvalue weighted by Crippen LogP contribution is 2.31. The third-order valence-corrected chi connectivity index (χ3v) is 2.95. The number of oxazole rings is 1. The van der Waals surface area contributed by atoms with E-state index in [0.717, 1.165) is 0 Å². The first-order valence-corrected chi connectivity index (χ1v) is 5.59. The second-order valence-corrected chi connectivity index (χ2v) is 4.10. The number of amides is 1. The molecule has 6 heteroatoms. The molecule has 0 aliphatic carbocycles. The predicted octanol–water partition coefficient (Wildman–Crippen LogP) is 1.93. The van der Waals surface area contributed by atoms with Gasteiger partial charge in [0.05, 0.1) is 12.7 Å². The molecule has 5 nitrogen and oxygen atoms in total. The van der Waals surface area contributed by atoms with E-state index in [-0.39, 0.29) is 0 Å². The smallest absolute Gasteiger partial charge is 0.305 e. The van der Waals surface area contributed by atoms with Crippen LogP contribution in [0.1, 0.15) is 10.4 Å². The fourth-order valence-corrected chi connectivity index (χ4v) is 2.08. The lowest BCUT2D eigenvalue weighted by molar-refractivity contribution is 0.0997. The minimum absolute atomic E-state index is 0.323. The number of carbonyl (C=O) groups excluding carboxylic acids is 1. The lowest BCUT2D eigenvalue weighted by Crippen LogP contribution is -2.11. The highest BCUT2D eigenvalue weighted by atomic mass is 32.2. The third kappa shape index (κ3) is 2.59. The molecular weight excluding hydrogens is 240 g/mol. The fraction of sp³-hybridized carbons (Fsp3) is 0.0909. The molecule has 88 valence electrons. The Morgan fingerprint density at radius 2 is 2.24 bits per heavy atom. The van der Waals surface area contributed by atoms with Gasteiger partial charge >= 0.3 is 5.95 Å². The van der Waals surface area contributed by atoms with Gasteiger partial charge in [0.25, 0.3) is 5.22 Å². The standard InChI is InChI=1S/C11H10N2O3S/c1-15-9-6-13-11(16-9)17-8-5-3-2-4-7(8)10(12)14/h2-6H,1H3,(H2,12,14). The molecule has 0 atom stereocenters. The summed E-state index contributed by atoms with van der Waals surface area (Å²) < 4.78 is 10.1. The first kappa shape index (κ1) is 11.5. The monoisotopic (exact) mass is 250 g/mol.